The molecule has 14 heteroatoms. The molecule has 0 bridgehead atoms. The van der Waals surface area contributed by atoms with Gasteiger partial charge in [-0.15, -0.1) is 0 Å². The van der Waals surface area contributed by atoms with Gasteiger partial charge < -0.3 is 20.4 Å². The van der Waals surface area contributed by atoms with Crippen LogP contribution in [0, 0.1) is 0 Å². The van der Waals surface area contributed by atoms with E-state index in [0.29, 0.717) is 12.1 Å². The Morgan fingerprint density at radius 1 is 0.833 bits per heavy atom. The SMILES string of the molecule is CC(=O)O.CC(=O)O.O=S(=O)(O)c1cc(O)c(O)c(S(=O)(=O)O)c1. The minimum absolute atomic E-state index is 0.305. The van der Waals surface area contributed by atoms with Crippen molar-refractivity contribution in [1.82, 2.24) is 0 Å². The van der Waals surface area contributed by atoms with Crippen LogP contribution in [0.2, 0.25) is 0 Å². The Balaban J connectivity index is 0. The van der Waals surface area contributed by atoms with Crippen LogP contribution in [-0.4, -0.2) is 58.3 Å². The van der Waals surface area contributed by atoms with E-state index in [1.54, 1.807) is 0 Å². The summed E-state index contributed by atoms with van der Waals surface area (Å²) in [5, 5.41) is 32.9. The van der Waals surface area contributed by atoms with Crippen LogP contribution in [0.5, 0.6) is 11.5 Å². The quantitative estimate of drug-likeness (QED) is 0.284. The first-order valence-corrected chi connectivity index (χ1v) is 8.28. The summed E-state index contributed by atoms with van der Waals surface area (Å²) in [5.41, 5.74) is 0. The Kier molecular flexibility index (Phi) is 8.96. The molecule has 1 aromatic carbocycles. The van der Waals surface area contributed by atoms with Gasteiger partial charge in [-0.1, -0.05) is 0 Å². The standard InChI is InChI=1S/C6H6O8S2.2C2H4O2/c7-4-1-3(15(9,10)11)2-5(6(4)8)16(12,13)14;2*1-2(3)4/h1-2,7-8H,(H,9,10,11)(H,12,13,14);2*1H3,(H,3,4). The largest absolute Gasteiger partial charge is 0.504 e. The predicted octanol–water partition coefficient (Wildman–Crippen LogP) is -0.227. The van der Waals surface area contributed by atoms with Gasteiger partial charge in [0.2, 0.25) is 0 Å². The van der Waals surface area contributed by atoms with E-state index in [1.165, 1.54) is 0 Å². The van der Waals surface area contributed by atoms with Crippen LogP contribution in [0.15, 0.2) is 21.9 Å². The maximum atomic E-state index is 10.7. The number of aliphatic carboxylic acids is 2. The number of carbonyl (C=O) groups is 2. The van der Waals surface area contributed by atoms with Crippen molar-refractivity contribution in [2.75, 3.05) is 0 Å². The van der Waals surface area contributed by atoms with Crippen LogP contribution >= 0.6 is 0 Å². The smallest absolute Gasteiger partial charge is 0.300 e. The van der Waals surface area contributed by atoms with Crippen LogP contribution in [0.3, 0.4) is 0 Å². The fourth-order valence-corrected chi connectivity index (χ4v) is 2.14. The van der Waals surface area contributed by atoms with Gasteiger partial charge in [-0.25, -0.2) is 0 Å². The summed E-state index contributed by atoms with van der Waals surface area (Å²) in [5.74, 6) is -3.99. The van der Waals surface area contributed by atoms with E-state index in [2.05, 4.69) is 0 Å². The minimum Gasteiger partial charge on any atom is -0.504 e. The molecule has 0 unspecified atom stereocenters. The minimum atomic E-state index is -4.92. The number of rotatable bonds is 2. The van der Waals surface area contributed by atoms with Crippen molar-refractivity contribution in [3.05, 3.63) is 12.1 Å². The second kappa shape index (κ2) is 9.02. The van der Waals surface area contributed by atoms with E-state index < -0.39 is 53.5 Å². The van der Waals surface area contributed by atoms with E-state index in [-0.39, 0.29) is 0 Å². The summed E-state index contributed by atoms with van der Waals surface area (Å²) in [6.07, 6.45) is 0. The molecule has 1 aromatic rings. The van der Waals surface area contributed by atoms with Crippen molar-refractivity contribution < 1.29 is 56.0 Å². The summed E-state index contributed by atoms with van der Waals surface area (Å²) < 4.78 is 59.9. The summed E-state index contributed by atoms with van der Waals surface area (Å²) in [6.45, 7) is 2.17. The van der Waals surface area contributed by atoms with E-state index >= 15 is 0 Å². The molecule has 0 aromatic heterocycles. The number of carboxylic acid groups (broad SMARTS) is 2. The number of hydrogen-bond donors (Lipinski definition) is 6. The molecule has 0 amide bonds. The van der Waals surface area contributed by atoms with Gasteiger partial charge in [0, 0.05) is 19.9 Å². The van der Waals surface area contributed by atoms with Gasteiger partial charge in [-0.05, 0) is 6.07 Å². The monoisotopic (exact) mass is 390 g/mol. The lowest BCUT2D eigenvalue weighted by Gasteiger charge is -2.05. The molecule has 0 aliphatic rings. The molecule has 6 N–H and O–H groups in total. The van der Waals surface area contributed by atoms with Crippen molar-refractivity contribution in [1.29, 1.82) is 0 Å². The highest BCUT2D eigenvalue weighted by molar-refractivity contribution is 7.86. The van der Waals surface area contributed by atoms with Gasteiger partial charge in [0.1, 0.15) is 4.90 Å². The van der Waals surface area contributed by atoms with Gasteiger partial charge in [-0.2, -0.15) is 16.8 Å². The summed E-state index contributed by atoms with van der Waals surface area (Å²) in [4.78, 5) is 15.8. The molecule has 12 nitrogen and oxygen atoms in total. The van der Waals surface area contributed by atoms with Crippen LogP contribution < -0.4 is 0 Å². The molecule has 0 heterocycles. The molecule has 0 saturated heterocycles. The van der Waals surface area contributed by atoms with Crippen LogP contribution in [0.4, 0.5) is 0 Å². The lowest BCUT2D eigenvalue weighted by atomic mass is 10.3. The average molecular weight is 390 g/mol. The molecule has 0 spiro atoms. The summed E-state index contributed by atoms with van der Waals surface area (Å²) in [6, 6.07) is 0.735. The van der Waals surface area contributed by atoms with Crippen molar-refractivity contribution in [2.45, 2.75) is 23.6 Å². The van der Waals surface area contributed by atoms with E-state index in [0.717, 1.165) is 13.8 Å². The number of benzene rings is 1. The molecule has 0 atom stereocenters. The topological polar surface area (TPSA) is 224 Å². The molecule has 1 rings (SSSR count). The van der Waals surface area contributed by atoms with Crippen molar-refractivity contribution >= 4 is 32.2 Å². The number of hydrogen-bond acceptors (Lipinski definition) is 8. The molecule has 0 aliphatic heterocycles. The highest BCUT2D eigenvalue weighted by atomic mass is 32.2. The van der Waals surface area contributed by atoms with Gasteiger partial charge in [0.05, 0.1) is 4.90 Å². The number of phenolic OH excluding ortho intramolecular Hbond substituents is 2. The van der Waals surface area contributed by atoms with E-state index in [4.69, 9.17) is 39.1 Å². The first kappa shape index (κ1) is 23.8. The Labute approximate surface area is 136 Å². The highest BCUT2D eigenvalue weighted by Gasteiger charge is 2.23. The zero-order chi connectivity index (χ0) is 19.9. The Hall–Kier alpha value is -2.42. The molecule has 0 aliphatic carbocycles. The maximum absolute atomic E-state index is 10.7. The third-order valence-electron chi connectivity index (χ3n) is 1.60. The van der Waals surface area contributed by atoms with Crippen molar-refractivity contribution in [2.24, 2.45) is 0 Å². The van der Waals surface area contributed by atoms with Crippen LogP contribution in [0.25, 0.3) is 0 Å². The Morgan fingerprint density at radius 3 is 1.42 bits per heavy atom. The Morgan fingerprint density at radius 2 is 1.17 bits per heavy atom. The van der Waals surface area contributed by atoms with Crippen molar-refractivity contribution in [3.63, 3.8) is 0 Å². The second-order valence-corrected chi connectivity index (χ2v) is 6.59. The molecule has 0 radical (unpaired) electrons. The zero-order valence-corrected chi connectivity index (χ0v) is 13.7. The van der Waals surface area contributed by atoms with E-state index in [9.17, 15) is 16.8 Å². The third-order valence-corrected chi connectivity index (χ3v) is 3.30. The normalized spacial score (nSPS) is 10.5. The lowest BCUT2D eigenvalue weighted by molar-refractivity contribution is -0.135. The molecule has 138 valence electrons. The molecular weight excluding hydrogens is 376 g/mol. The Bertz CT molecular complexity index is 786. The first-order valence-electron chi connectivity index (χ1n) is 5.40. The fourth-order valence-electron chi connectivity index (χ4n) is 0.914. The summed E-state index contributed by atoms with van der Waals surface area (Å²) >= 11 is 0. The lowest BCUT2D eigenvalue weighted by Crippen LogP contribution is -2.03. The molecular formula is C10H14O12S2. The van der Waals surface area contributed by atoms with Crippen LogP contribution in [-0.2, 0) is 29.8 Å². The number of phenols is 2. The van der Waals surface area contributed by atoms with Gasteiger partial charge in [0.25, 0.3) is 32.2 Å². The third kappa shape index (κ3) is 10.3. The predicted molar refractivity (Wildman–Crippen MR) is 76.0 cm³/mol. The maximum Gasteiger partial charge on any atom is 0.300 e. The fraction of sp³-hybridized carbons (Fsp3) is 0.200. The molecule has 24 heavy (non-hydrogen) atoms. The van der Waals surface area contributed by atoms with Crippen molar-refractivity contribution in [3.8, 4) is 11.5 Å². The first-order chi connectivity index (χ1) is 10.5. The second-order valence-electron chi connectivity index (χ2n) is 3.78. The van der Waals surface area contributed by atoms with Crippen LogP contribution in [0.1, 0.15) is 13.8 Å². The highest BCUT2D eigenvalue weighted by Crippen LogP contribution is 2.34. The average Bonchev–Trinajstić information content (AvgIpc) is 2.27. The molecule has 0 saturated carbocycles. The van der Waals surface area contributed by atoms with Gasteiger partial charge in [-0.3, -0.25) is 18.7 Å². The van der Waals surface area contributed by atoms with Gasteiger partial charge >= 0.3 is 0 Å². The number of aromatic hydroxyl groups is 2. The number of carboxylic acids is 2. The van der Waals surface area contributed by atoms with Gasteiger partial charge in [0.15, 0.2) is 11.5 Å². The van der Waals surface area contributed by atoms with E-state index in [1.807, 2.05) is 0 Å². The zero-order valence-electron chi connectivity index (χ0n) is 12.1. The molecule has 0 fully saturated rings. The summed E-state index contributed by atoms with van der Waals surface area (Å²) in [7, 11) is -9.70.